The van der Waals surface area contributed by atoms with Crippen molar-refractivity contribution >= 4 is 10.8 Å². The number of ether oxygens (including phenoxy) is 1. The normalized spacial score (nSPS) is 11.8. The zero-order chi connectivity index (χ0) is 25.9. The fraction of sp³-hybridized carbons (Fsp3) is 0.241. The highest BCUT2D eigenvalue weighted by molar-refractivity contribution is 5.88. The Labute approximate surface area is 205 Å². The average molecular weight is 502 g/mol. The Balaban J connectivity index is 1.53. The third-order valence-electron chi connectivity index (χ3n) is 6.08. The van der Waals surface area contributed by atoms with E-state index in [0.717, 1.165) is 18.4 Å². The zero-order valence-electron chi connectivity index (χ0n) is 19.6. The number of aryl methyl sites for hydroxylation is 3. The number of unbranched alkanes of at least 4 members (excludes halogenated alkanes) is 1. The van der Waals surface area contributed by atoms with Crippen molar-refractivity contribution in [1.29, 1.82) is 0 Å². The van der Waals surface area contributed by atoms with Crippen LogP contribution in [0, 0.1) is 17.5 Å². The smallest absolute Gasteiger partial charge is 0.406 e. The minimum atomic E-state index is -4.76. The van der Waals surface area contributed by atoms with Crippen LogP contribution in [0.3, 0.4) is 0 Å². The molecule has 0 amide bonds. The number of rotatable bonds is 8. The first-order valence-electron chi connectivity index (χ1n) is 11.7. The van der Waals surface area contributed by atoms with Crippen LogP contribution in [0.4, 0.5) is 26.3 Å². The van der Waals surface area contributed by atoms with Crippen LogP contribution < -0.4 is 4.74 Å². The number of benzene rings is 4. The quantitative estimate of drug-likeness (QED) is 0.219. The monoisotopic (exact) mass is 502 g/mol. The molecule has 1 nitrogen and oxygen atoms in total. The predicted octanol–water partition coefficient (Wildman–Crippen LogP) is 8.95. The summed E-state index contributed by atoms with van der Waals surface area (Å²) in [5.41, 5.74) is 1.96. The van der Waals surface area contributed by atoms with Crippen molar-refractivity contribution in [3.05, 3.63) is 101 Å². The van der Waals surface area contributed by atoms with Crippen LogP contribution >= 0.6 is 0 Å². The molecule has 4 aromatic rings. The fourth-order valence-corrected chi connectivity index (χ4v) is 4.25. The molecule has 0 aromatic heterocycles. The van der Waals surface area contributed by atoms with Crippen LogP contribution in [0.25, 0.3) is 21.9 Å². The molecular weight excluding hydrogens is 478 g/mol. The Bertz CT molecular complexity index is 1340. The highest BCUT2D eigenvalue weighted by Crippen LogP contribution is 2.32. The second-order valence-corrected chi connectivity index (χ2v) is 8.70. The van der Waals surface area contributed by atoms with E-state index in [1.807, 2.05) is 6.92 Å². The molecular formula is C29H24F6O. The van der Waals surface area contributed by atoms with Crippen LogP contribution in [0.1, 0.15) is 36.5 Å². The maximum absolute atomic E-state index is 15.2. The highest BCUT2D eigenvalue weighted by atomic mass is 19.4. The highest BCUT2D eigenvalue weighted by Gasteiger charge is 2.30. The summed E-state index contributed by atoms with van der Waals surface area (Å²) in [6.07, 6.45) is -1.66. The van der Waals surface area contributed by atoms with Crippen molar-refractivity contribution in [2.24, 2.45) is 0 Å². The lowest BCUT2D eigenvalue weighted by molar-refractivity contribution is -0.274. The van der Waals surface area contributed by atoms with E-state index in [4.69, 9.17) is 0 Å². The summed E-state index contributed by atoms with van der Waals surface area (Å²) in [4.78, 5) is 0. The van der Waals surface area contributed by atoms with Gasteiger partial charge in [0.05, 0.1) is 5.56 Å². The van der Waals surface area contributed by atoms with E-state index >= 15 is 4.39 Å². The average Bonchev–Trinajstić information content (AvgIpc) is 2.82. The molecule has 0 bridgehead atoms. The van der Waals surface area contributed by atoms with Crippen molar-refractivity contribution in [2.45, 2.75) is 45.4 Å². The fourth-order valence-electron chi connectivity index (χ4n) is 4.25. The Kier molecular flexibility index (Phi) is 7.57. The van der Waals surface area contributed by atoms with Crippen molar-refractivity contribution in [3.63, 3.8) is 0 Å². The van der Waals surface area contributed by atoms with E-state index in [1.54, 1.807) is 18.2 Å². The maximum atomic E-state index is 15.2. The molecule has 36 heavy (non-hydrogen) atoms. The lowest BCUT2D eigenvalue weighted by atomic mass is 9.95. The number of hydrogen-bond acceptors (Lipinski definition) is 1. The molecule has 0 radical (unpaired) electrons. The molecule has 0 atom stereocenters. The summed E-state index contributed by atoms with van der Waals surface area (Å²) in [5, 5.41) is 0.835. The molecule has 0 aliphatic carbocycles. The molecule has 0 aliphatic heterocycles. The molecule has 0 spiro atoms. The standard InChI is InChI=1S/C29H24F6O/c1-2-3-4-19-15-25(30)27(26(31)16-19)22-11-14-24-21(17-22)10-9-20(28(24)32)8-5-18-6-12-23(13-7-18)36-29(33,34)35/h6-7,9-17H,2-5,8H2,1H3. The van der Waals surface area contributed by atoms with Crippen LogP contribution in [-0.4, -0.2) is 6.36 Å². The van der Waals surface area contributed by atoms with Gasteiger partial charge in [-0.1, -0.05) is 49.7 Å². The first kappa shape index (κ1) is 25.6. The molecule has 0 N–H and O–H groups in total. The van der Waals surface area contributed by atoms with Gasteiger partial charge in [-0.2, -0.15) is 0 Å². The third kappa shape index (κ3) is 6.01. The predicted molar refractivity (Wildman–Crippen MR) is 128 cm³/mol. The first-order valence-corrected chi connectivity index (χ1v) is 11.7. The molecule has 0 fully saturated rings. The summed E-state index contributed by atoms with van der Waals surface area (Å²) in [6.45, 7) is 2.01. The largest absolute Gasteiger partial charge is 0.573 e. The molecule has 188 valence electrons. The molecule has 0 aliphatic rings. The SMILES string of the molecule is CCCCc1cc(F)c(-c2ccc3c(F)c(CCc4ccc(OC(F)(F)F)cc4)ccc3c2)c(F)c1. The van der Waals surface area contributed by atoms with E-state index in [9.17, 15) is 22.0 Å². The minimum Gasteiger partial charge on any atom is -0.406 e. The summed E-state index contributed by atoms with van der Waals surface area (Å²) >= 11 is 0. The lowest BCUT2D eigenvalue weighted by Gasteiger charge is -2.12. The van der Waals surface area contributed by atoms with Gasteiger partial charge in [0.25, 0.3) is 0 Å². The first-order chi connectivity index (χ1) is 17.1. The van der Waals surface area contributed by atoms with E-state index in [-0.39, 0.29) is 11.3 Å². The second kappa shape index (κ2) is 10.6. The topological polar surface area (TPSA) is 9.23 Å². The molecule has 0 saturated heterocycles. The Hall–Kier alpha value is -3.48. The summed E-state index contributed by atoms with van der Waals surface area (Å²) in [7, 11) is 0. The van der Waals surface area contributed by atoms with Crippen LogP contribution in [0.5, 0.6) is 5.75 Å². The van der Waals surface area contributed by atoms with Gasteiger partial charge in [-0.15, -0.1) is 13.2 Å². The lowest BCUT2D eigenvalue weighted by Crippen LogP contribution is -2.17. The van der Waals surface area contributed by atoms with Crippen LogP contribution in [-0.2, 0) is 19.3 Å². The Morgan fingerprint density at radius 3 is 2.06 bits per heavy atom. The Morgan fingerprint density at radius 2 is 1.42 bits per heavy atom. The zero-order valence-corrected chi connectivity index (χ0v) is 19.6. The molecule has 0 heterocycles. The van der Waals surface area contributed by atoms with Gasteiger partial charge < -0.3 is 4.74 Å². The maximum Gasteiger partial charge on any atom is 0.573 e. The van der Waals surface area contributed by atoms with Crippen molar-refractivity contribution < 1.29 is 31.1 Å². The minimum absolute atomic E-state index is 0.139. The van der Waals surface area contributed by atoms with E-state index in [0.29, 0.717) is 46.7 Å². The summed E-state index contributed by atoms with van der Waals surface area (Å²) < 4.78 is 85.5. The van der Waals surface area contributed by atoms with Gasteiger partial charge >= 0.3 is 6.36 Å². The van der Waals surface area contributed by atoms with Crippen LogP contribution in [0.2, 0.25) is 0 Å². The van der Waals surface area contributed by atoms with Gasteiger partial charge in [-0.05, 0) is 83.7 Å². The molecule has 4 aromatic carbocycles. The van der Waals surface area contributed by atoms with E-state index in [1.165, 1.54) is 48.5 Å². The molecule has 4 rings (SSSR count). The van der Waals surface area contributed by atoms with Gasteiger partial charge in [0.15, 0.2) is 0 Å². The van der Waals surface area contributed by atoms with Gasteiger partial charge in [0.1, 0.15) is 23.2 Å². The molecule has 7 heteroatoms. The van der Waals surface area contributed by atoms with Crippen molar-refractivity contribution in [3.8, 4) is 16.9 Å². The van der Waals surface area contributed by atoms with Crippen LogP contribution in [0.15, 0.2) is 66.7 Å². The van der Waals surface area contributed by atoms with Gasteiger partial charge in [-0.25, -0.2) is 13.2 Å². The molecule has 0 unspecified atom stereocenters. The second-order valence-electron chi connectivity index (χ2n) is 8.70. The summed E-state index contributed by atoms with van der Waals surface area (Å²) in [5.74, 6) is -2.05. The van der Waals surface area contributed by atoms with E-state index < -0.39 is 23.8 Å². The van der Waals surface area contributed by atoms with Gasteiger partial charge in [0, 0.05) is 5.39 Å². The number of hydrogen-bond donors (Lipinski definition) is 0. The van der Waals surface area contributed by atoms with Gasteiger partial charge in [-0.3, -0.25) is 0 Å². The molecule has 0 saturated carbocycles. The van der Waals surface area contributed by atoms with Crippen molar-refractivity contribution in [2.75, 3.05) is 0 Å². The number of alkyl halides is 3. The summed E-state index contributed by atoms with van der Waals surface area (Å²) in [6, 6.07) is 16.0. The Morgan fingerprint density at radius 1 is 0.722 bits per heavy atom. The van der Waals surface area contributed by atoms with Gasteiger partial charge in [0.2, 0.25) is 0 Å². The number of halogens is 6. The third-order valence-corrected chi connectivity index (χ3v) is 6.08. The number of fused-ring (bicyclic) bond motifs is 1. The van der Waals surface area contributed by atoms with E-state index in [2.05, 4.69) is 4.74 Å². The van der Waals surface area contributed by atoms with Crippen molar-refractivity contribution in [1.82, 2.24) is 0 Å².